The van der Waals surface area contributed by atoms with Crippen molar-refractivity contribution in [2.45, 2.75) is 37.5 Å². The SMILES string of the molecule is O[C@H]1CN(Cc2c(F)cccc2F)CC[C@@]12CCCO2. The number of ether oxygens (including phenoxy) is 1. The first-order valence-electron chi connectivity index (χ1n) is 7.08. The van der Waals surface area contributed by atoms with Crippen molar-refractivity contribution in [3.63, 3.8) is 0 Å². The first-order valence-corrected chi connectivity index (χ1v) is 7.08. The first-order chi connectivity index (χ1) is 9.61. The van der Waals surface area contributed by atoms with Crippen molar-refractivity contribution in [2.75, 3.05) is 19.7 Å². The molecule has 2 aliphatic heterocycles. The van der Waals surface area contributed by atoms with E-state index in [0.717, 1.165) is 12.8 Å². The van der Waals surface area contributed by atoms with E-state index in [-0.39, 0.29) is 12.1 Å². The molecule has 0 saturated carbocycles. The van der Waals surface area contributed by atoms with Crippen LogP contribution in [0.15, 0.2) is 18.2 Å². The maximum absolute atomic E-state index is 13.6. The number of piperidine rings is 1. The van der Waals surface area contributed by atoms with Crippen molar-refractivity contribution in [1.29, 1.82) is 0 Å². The van der Waals surface area contributed by atoms with Crippen molar-refractivity contribution in [3.8, 4) is 0 Å². The van der Waals surface area contributed by atoms with Gasteiger partial charge in [-0.05, 0) is 31.4 Å². The highest BCUT2D eigenvalue weighted by atomic mass is 19.1. The lowest BCUT2D eigenvalue weighted by Crippen LogP contribution is -2.54. The van der Waals surface area contributed by atoms with E-state index in [2.05, 4.69) is 0 Å². The van der Waals surface area contributed by atoms with E-state index in [4.69, 9.17) is 4.74 Å². The molecule has 5 heteroatoms. The van der Waals surface area contributed by atoms with Gasteiger partial charge in [0.2, 0.25) is 0 Å². The molecular weight excluding hydrogens is 264 g/mol. The van der Waals surface area contributed by atoms with Crippen LogP contribution in [-0.4, -0.2) is 41.4 Å². The van der Waals surface area contributed by atoms with Crippen LogP contribution < -0.4 is 0 Å². The van der Waals surface area contributed by atoms with Gasteiger partial charge in [-0.3, -0.25) is 4.90 Å². The molecule has 2 heterocycles. The molecule has 0 aromatic heterocycles. The number of halogens is 2. The van der Waals surface area contributed by atoms with Crippen LogP contribution in [-0.2, 0) is 11.3 Å². The molecule has 1 aromatic rings. The number of hydrogen-bond donors (Lipinski definition) is 1. The Kier molecular flexibility index (Phi) is 3.75. The van der Waals surface area contributed by atoms with E-state index < -0.39 is 23.3 Å². The highest BCUT2D eigenvalue weighted by molar-refractivity contribution is 5.19. The summed E-state index contributed by atoms with van der Waals surface area (Å²) in [7, 11) is 0. The minimum atomic E-state index is -0.589. The minimum Gasteiger partial charge on any atom is -0.389 e. The number of nitrogens with zero attached hydrogens (tertiary/aromatic N) is 1. The number of benzene rings is 1. The van der Waals surface area contributed by atoms with Gasteiger partial charge < -0.3 is 9.84 Å². The lowest BCUT2D eigenvalue weighted by Gasteiger charge is -2.42. The summed E-state index contributed by atoms with van der Waals surface area (Å²) in [6.07, 6.45) is 1.97. The number of aliphatic hydroxyl groups is 1. The van der Waals surface area contributed by atoms with Crippen LogP contribution >= 0.6 is 0 Å². The molecule has 20 heavy (non-hydrogen) atoms. The predicted molar refractivity (Wildman–Crippen MR) is 70.2 cm³/mol. The van der Waals surface area contributed by atoms with Gasteiger partial charge >= 0.3 is 0 Å². The Hall–Kier alpha value is -1.04. The van der Waals surface area contributed by atoms with Crippen LogP contribution in [0, 0.1) is 11.6 Å². The van der Waals surface area contributed by atoms with Crippen molar-refractivity contribution < 1.29 is 18.6 Å². The molecule has 2 saturated heterocycles. The Morgan fingerprint density at radius 2 is 2.05 bits per heavy atom. The van der Waals surface area contributed by atoms with Gasteiger partial charge in [-0.2, -0.15) is 0 Å². The maximum Gasteiger partial charge on any atom is 0.130 e. The van der Waals surface area contributed by atoms with E-state index in [1.165, 1.54) is 18.2 Å². The van der Waals surface area contributed by atoms with Gasteiger partial charge in [-0.15, -0.1) is 0 Å². The molecule has 1 spiro atoms. The summed E-state index contributed by atoms with van der Waals surface area (Å²) in [5, 5.41) is 10.3. The van der Waals surface area contributed by atoms with Crippen molar-refractivity contribution >= 4 is 0 Å². The summed E-state index contributed by atoms with van der Waals surface area (Å²) in [6.45, 7) is 1.96. The molecule has 2 aliphatic rings. The zero-order valence-electron chi connectivity index (χ0n) is 11.3. The van der Waals surface area contributed by atoms with Gasteiger partial charge in [-0.25, -0.2) is 8.78 Å². The highest BCUT2D eigenvalue weighted by Gasteiger charge is 2.45. The first kappa shape index (κ1) is 13.9. The van der Waals surface area contributed by atoms with Crippen LogP contribution in [0.4, 0.5) is 8.78 Å². The van der Waals surface area contributed by atoms with E-state index in [9.17, 15) is 13.9 Å². The topological polar surface area (TPSA) is 32.7 Å². The smallest absolute Gasteiger partial charge is 0.130 e. The van der Waals surface area contributed by atoms with E-state index >= 15 is 0 Å². The third-order valence-electron chi connectivity index (χ3n) is 4.47. The van der Waals surface area contributed by atoms with Gasteiger partial charge in [-0.1, -0.05) is 6.07 Å². The normalized spacial score (nSPS) is 31.1. The van der Waals surface area contributed by atoms with Gasteiger partial charge in [0.1, 0.15) is 11.6 Å². The maximum atomic E-state index is 13.6. The standard InChI is InChI=1S/C15H19F2NO2/c16-12-3-1-4-13(17)11(12)9-18-7-6-15(14(19)10-18)5-2-8-20-15/h1,3-4,14,19H,2,5-10H2/t14-,15-/m0/s1. The zero-order chi connectivity index (χ0) is 14.2. The molecule has 0 radical (unpaired) electrons. The quantitative estimate of drug-likeness (QED) is 0.902. The molecule has 0 bridgehead atoms. The Morgan fingerprint density at radius 1 is 1.30 bits per heavy atom. The molecular formula is C15H19F2NO2. The summed E-state index contributed by atoms with van der Waals surface area (Å²) in [6, 6.07) is 3.89. The van der Waals surface area contributed by atoms with Crippen molar-refractivity contribution in [3.05, 3.63) is 35.4 Å². The van der Waals surface area contributed by atoms with Crippen LogP contribution in [0.3, 0.4) is 0 Å². The van der Waals surface area contributed by atoms with Gasteiger partial charge in [0.15, 0.2) is 0 Å². The second-order valence-electron chi connectivity index (χ2n) is 5.72. The lowest BCUT2D eigenvalue weighted by atomic mass is 9.86. The zero-order valence-corrected chi connectivity index (χ0v) is 11.3. The number of hydrogen-bond acceptors (Lipinski definition) is 3. The Balaban J connectivity index is 1.69. The average molecular weight is 283 g/mol. The third-order valence-corrected chi connectivity index (χ3v) is 4.47. The lowest BCUT2D eigenvalue weighted by molar-refractivity contribution is -0.130. The Labute approximate surface area is 117 Å². The second-order valence-corrected chi connectivity index (χ2v) is 5.72. The Morgan fingerprint density at radius 3 is 2.65 bits per heavy atom. The number of β-amino-alcohol motifs (C(OH)–C–C–N with tert-alkyl or cyclic N) is 1. The summed E-state index contributed by atoms with van der Waals surface area (Å²) in [4.78, 5) is 1.89. The van der Waals surface area contributed by atoms with E-state index in [0.29, 0.717) is 26.1 Å². The summed E-state index contributed by atoms with van der Waals surface area (Å²) in [5.74, 6) is -1.06. The van der Waals surface area contributed by atoms with E-state index in [1.807, 2.05) is 4.90 Å². The molecule has 3 nitrogen and oxygen atoms in total. The minimum absolute atomic E-state index is 0.0722. The van der Waals surface area contributed by atoms with E-state index in [1.54, 1.807) is 0 Å². The fraction of sp³-hybridized carbons (Fsp3) is 0.600. The van der Waals surface area contributed by atoms with Crippen LogP contribution in [0.1, 0.15) is 24.8 Å². The van der Waals surface area contributed by atoms with Gasteiger partial charge in [0, 0.05) is 31.8 Å². The Bertz CT molecular complexity index is 469. The average Bonchev–Trinajstić information content (AvgIpc) is 2.88. The largest absolute Gasteiger partial charge is 0.389 e. The molecule has 0 aliphatic carbocycles. The predicted octanol–water partition coefficient (Wildman–Crippen LogP) is 2.08. The molecule has 3 rings (SSSR count). The molecule has 1 aromatic carbocycles. The number of aliphatic hydroxyl groups excluding tert-OH is 1. The van der Waals surface area contributed by atoms with Crippen molar-refractivity contribution in [1.82, 2.24) is 4.90 Å². The summed E-state index contributed by atoms with van der Waals surface area (Å²) in [5.41, 5.74) is -0.354. The highest BCUT2D eigenvalue weighted by Crippen LogP contribution is 2.36. The fourth-order valence-corrected chi connectivity index (χ4v) is 3.25. The van der Waals surface area contributed by atoms with Crippen LogP contribution in [0.5, 0.6) is 0 Å². The molecule has 0 amide bonds. The fourth-order valence-electron chi connectivity index (χ4n) is 3.25. The summed E-state index contributed by atoms with van der Waals surface area (Å²) >= 11 is 0. The number of rotatable bonds is 2. The molecule has 2 fully saturated rings. The monoisotopic (exact) mass is 283 g/mol. The molecule has 110 valence electrons. The van der Waals surface area contributed by atoms with Crippen LogP contribution in [0.25, 0.3) is 0 Å². The molecule has 2 atom stereocenters. The number of likely N-dealkylation sites (tertiary alicyclic amines) is 1. The van der Waals surface area contributed by atoms with Gasteiger partial charge in [0.05, 0.1) is 11.7 Å². The second kappa shape index (κ2) is 5.39. The third kappa shape index (κ3) is 2.45. The van der Waals surface area contributed by atoms with Crippen molar-refractivity contribution in [2.24, 2.45) is 0 Å². The molecule has 1 N–H and O–H groups in total. The van der Waals surface area contributed by atoms with Crippen LogP contribution in [0.2, 0.25) is 0 Å². The van der Waals surface area contributed by atoms with Gasteiger partial charge in [0.25, 0.3) is 0 Å². The molecule has 0 unspecified atom stereocenters. The summed E-state index contributed by atoms with van der Waals surface area (Å²) < 4.78 is 33.0.